The van der Waals surface area contributed by atoms with Crippen LogP contribution in [0.3, 0.4) is 0 Å². The van der Waals surface area contributed by atoms with E-state index < -0.39 is 18.4 Å². The Morgan fingerprint density at radius 2 is 1.85 bits per heavy atom. The zero-order valence-electron chi connectivity index (χ0n) is 10.3. The standard InChI is InChI=1S/C14H12F2N2O2/c15-8-1-4-10(5-2-8)18-11-6-3-9(17)7-12(11)20-13(16)14(18)19/h1-7,13-14,19H,17H2. The molecule has 0 bridgehead atoms. The third-order valence-electron chi connectivity index (χ3n) is 3.09. The highest BCUT2D eigenvalue weighted by molar-refractivity contribution is 5.73. The molecule has 0 aromatic heterocycles. The van der Waals surface area contributed by atoms with Crippen molar-refractivity contribution in [3.8, 4) is 5.75 Å². The van der Waals surface area contributed by atoms with Crippen molar-refractivity contribution >= 4 is 17.1 Å². The van der Waals surface area contributed by atoms with Crippen LogP contribution in [0.4, 0.5) is 25.8 Å². The molecule has 0 saturated heterocycles. The van der Waals surface area contributed by atoms with E-state index in [4.69, 9.17) is 10.5 Å². The van der Waals surface area contributed by atoms with Crippen molar-refractivity contribution in [1.29, 1.82) is 0 Å². The summed E-state index contributed by atoms with van der Waals surface area (Å²) >= 11 is 0. The fourth-order valence-corrected chi connectivity index (χ4v) is 2.16. The van der Waals surface area contributed by atoms with E-state index >= 15 is 0 Å². The summed E-state index contributed by atoms with van der Waals surface area (Å²) in [5.74, 6) is -0.182. The summed E-state index contributed by atoms with van der Waals surface area (Å²) in [6.45, 7) is 0. The lowest BCUT2D eigenvalue weighted by atomic mass is 10.1. The van der Waals surface area contributed by atoms with E-state index in [1.54, 1.807) is 12.1 Å². The second kappa shape index (κ2) is 4.64. The lowest BCUT2D eigenvalue weighted by Crippen LogP contribution is -2.45. The number of aliphatic hydroxyl groups excluding tert-OH is 1. The third-order valence-corrected chi connectivity index (χ3v) is 3.09. The number of halogens is 2. The van der Waals surface area contributed by atoms with Gasteiger partial charge in [0.05, 0.1) is 5.69 Å². The van der Waals surface area contributed by atoms with Gasteiger partial charge in [-0.3, -0.25) is 0 Å². The maximum atomic E-state index is 13.8. The van der Waals surface area contributed by atoms with Gasteiger partial charge in [0.2, 0.25) is 0 Å². The van der Waals surface area contributed by atoms with Crippen LogP contribution >= 0.6 is 0 Å². The first kappa shape index (κ1) is 12.7. The maximum Gasteiger partial charge on any atom is 0.282 e. The summed E-state index contributed by atoms with van der Waals surface area (Å²) in [7, 11) is 0. The van der Waals surface area contributed by atoms with E-state index in [0.29, 0.717) is 17.1 Å². The number of fused-ring (bicyclic) bond motifs is 1. The molecule has 0 amide bonds. The van der Waals surface area contributed by atoms with Gasteiger partial charge in [-0.25, -0.2) is 4.39 Å². The quantitative estimate of drug-likeness (QED) is 0.787. The molecular weight excluding hydrogens is 266 g/mol. The first-order valence-electron chi connectivity index (χ1n) is 5.99. The number of aliphatic hydroxyl groups is 1. The molecule has 104 valence electrons. The van der Waals surface area contributed by atoms with E-state index in [-0.39, 0.29) is 5.75 Å². The molecule has 1 aliphatic heterocycles. The predicted octanol–water partition coefficient (Wildman–Crippen LogP) is 2.55. The highest BCUT2D eigenvalue weighted by Gasteiger charge is 2.35. The molecule has 0 spiro atoms. The minimum absolute atomic E-state index is 0.229. The zero-order valence-corrected chi connectivity index (χ0v) is 10.3. The number of hydrogen-bond acceptors (Lipinski definition) is 4. The number of hydrogen-bond donors (Lipinski definition) is 2. The SMILES string of the molecule is Nc1ccc2c(c1)OC(F)C(O)N2c1ccc(F)cc1. The van der Waals surface area contributed by atoms with Crippen molar-refractivity contribution in [3.63, 3.8) is 0 Å². The van der Waals surface area contributed by atoms with Crippen LogP contribution < -0.4 is 15.4 Å². The van der Waals surface area contributed by atoms with Crippen molar-refractivity contribution in [2.75, 3.05) is 10.6 Å². The van der Waals surface area contributed by atoms with Gasteiger partial charge in [-0.15, -0.1) is 0 Å². The first-order valence-corrected chi connectivity index (χ1v) is 5.99. The Labute approximate surface area is 114 Å². The molecule has 0 fully saturated rings. The van der Waals surface area contributed by atoms with Gasteiger partial charge >= 0.3 is 0 Å². The average Bonchev–Trinajstić information content (AvgIpc) is 2.42. The number of alkyl halides is 1. The summed E-state index contributed by atoms with van der Waals surface area (Å²) in [5.41, 5.74) is 6.97. The normalized spacial score (nSPS) is 21.2. The smallest absolute Gasteiger partial charge is 0.282 e. The van der Waals surface area contributed by atoms with Crippen LogP contribution in [0, 0.1) is 5.82 Å². The summed E-state index contributed by atoms with van der Waals surface area (Å²) in [6.07, 6.45) is -3.44. The Balaban J connectivity index is 2.11. The maximum absolute atomic E-state index is 13.8. The molecular formula is C14H12F2N2O2. The summed E-state index contributed by atoms with van der Waals surface area (Å²) in [4.78, 5) is 1.34. The Hall–Kier alpha value is -2.34. The molecule has 2 atom stereocenters. The van der Waals surface area contributed by atoms with Gasteiger partial charge in [0.1, 0.15) is 11.6 Å². The summed E-state index contributed by atoms with van der Waals surface area (Å²) in [6, 6.07) is 10.1. The van der Waals surface area contributed by atoms with Crippen molar-refractivity contribution in [1.82, 2.24) is 0 Å². The van der Waals surface area contributed by atoms with Gasteiger partial charge in [-0.1, -0.05) is 0 Å². The number of nitrogen functional groups attached to an aromatic ring is 1. The third kappa shape index (κ3) is 2.04. The fourth-order valence-electron chi connectivity index (χ4n) is 2.16. The monoisotopic (exact) mass is 278 g/mol. The lowest BCUT2D eigenvalue weighted by Gasteiger charge is -2.37. The Morgan fingerprint density at radius 3 is 2.55 bits per heavy atom. The molecule has 4 nitrogen and oxygen atoms in total. The van der Waals surface area contributed by atoms with Crippen molar-refractivity contribution in [2.45, 2.75) is 12.6 Å². The molecule has 1 aliphatic rings. The van der Waals surface area contributed by atoms with Crippen LogP contribution in [0.2, 0.25) is 0 Å². The molecule has 2 aromatic rings. The average molecular weight is 278 g/mol. The number of anilines is 3. The number of nitrogens with zero attached hydrogens (tertiary/aromatic N) is 1. The Kier molecular flexibility index (Phi) is 2.94. The molecule has 3 rings (SSSR count). The predicted molar refractivity (Wildman–Crippen MR) is 70.9 cm³/mol. The van der Waals surface area contributed by atoms with Crippen LogP contribution in [-0.4, -0.2) is 17.7 Å². The van der Waals surface area contributed by atoms with Crippen LogP contribution in [0.5, 0.6) is 5.75 Å². The number of rotatable bonds is 1. The largest absolute Gasteiger partial charge is 0.453 e. The van der Waals surface area contributed by atoms with Crippen LogP contribution in [0.25, 0.3) is 0 Å². The van der Waals surface area contributed by atoms with Gasteiger partial charge < -0.3 is 20.5 Å². The van der Waals surface area contributed by atoms with Crippen LogP contribution in [0.15, 0.2) is 42.5 Å². The van der Waals surface area contributed by atoms with Crippen molar-refractivity contribution < 1.29 is 18.6 Å². The Bertz CT molecular complexity index is 634. The van der Waals surface area contributed by atoms with Gasteiger partial charge in [0.15, 0.2) is 6.23 Å². The molecule has 6 heteroatoms. The second-order valence-electron chi connectivity index (χ2n) is 4.46. The minimum atomic E-state index is -1.92. The van der Waals surface area contributed by atoms with Crippen LogP contribution in [-0.2, 0) is 0 Å². The molecule has 2 aromatic carbocycles. The molecule has 1 heterocycles. The van der Waals surface area contributed by atoms with Gasteiger partial charge in [-0.05, 0) is 36.4 Å². The van der Waals surface area contributed by atoms with E-state index in [0.717, 1.165) is 0 Å². The van der Waals surface area contributed by atoms with Crippen molar-refractivity contribution in [3.05, 3.63) is 48.3 Å². The first-order chi connectivity index (χ1) is 9.56. The summed E-state index contributed by atoms with van der Waals surface area (Å²) in [5, 5.41) is 9.98. The van der Waals surface area contributed by atoms with Gasteiger partial charge in [-0.2, -0.15) is 4.39 Å². The summed E-state index contributed by atoms with van der Waals surface area (Å²) < 4.78 is 31.7. The highest BCUT2D eigenvalue weighted by atomic mass is 19.1. The number of ether oxygens (including phenoxy) is 1. The Morgan fingerprint density at radius 1 is 1.15 bits per heavy atom. The molecule has 0 radical (unpaired) electrons. The molecule has 2 unspecified atom stereocenters. The minimum Gasteiger partial charge on any atom is -0.453 e. The second-order valence-corrected chi connectivity index (χ2v) is 4.46. The molecule has 0 saturated carbocycles. The highest BCUT2D eigenvalue weighted by Crippen LogP contribution is 2.41. The van der Waals surface area contributed by atoms with Gasteiger partial charge in [0.25, 0.3) is 6.36 Å². The fraction of sp³-hybridized carbons (Fsp3) is 0.143. The number of nitrogens with two attached hydrogens (primary N) is 1. The zero-order chi connectivity index (χ0) is 14.3. The van der Waals surface area contributed by atoms with Crippen LogP contribution in [0.1, 0.15) is 0 Å². The van der Waals surface area contributed by atoms with E-state index in [1.807, 2.05) is 0 Å². The van der Waals surface area contributed by atoms with E-state index in [9.17, 15) is 13.9 Å². The van der Waals surface area contributed by atoms with Crippen molar-refractivity contribution in [2.24, 2.45) is 0 Å². The topological polar surface area (TPSA) is 58.7 Å². The number of benzene rings is 2. The van der Waals surface area contributed by atoms with Gasteiger partial charge in [0, 0.05) is 17.4 Å². The molecule has 20 heavy (non-hydrogen) atoms. The van der Waals surface area contributed by atoms with E-state index in [2.05, 4.69) is 0 Å². The molecule has 3 N–H and O–H groups in total. The van der Waals surface area contributed by atoms with E-state index in [1.165, 1.54) is 35.2 Å². The lowest BCUT2D eigenvalue weighted by molar-refractivity contribution is -0.0518. The molecule has 0 aliphatic carbocycles.